The van der Waals surface area contributed by atoms with Gasteiger partial charge in [0.1, 0.15) is 0 Å². The molecule has 1 aliphatic heterocycles. The lowest BCUT2D eigenvalue weighted by molar-refractivity contribution is -0.138. The highest BCUT2D eigenvalue weighted by Crippen LogP contribution is 2.35. The molecule has 6 rings (SSSR count). The van der Waals surface area contributed by atoms with Crippen LogP contribution in [0.5, 0.6) is 0 Å². The maximum Gasteiger partial charge on any atom is 0.416 e. The Balaban J connectivity index is 1.26. The molecule has 5 aromatic rings. The normalized spacial score (nSPS) is 14.6. The molecule has 3 aromatic carbocycles. The average Bonchev–Trinajstić information content (AvgIpc) is 3.40. The van der Waals surface area contributed by atoms with Crippen LogP contribution in [-0.2, 0) is 26.2 Å². The average molecular weight is 647 g/mol. The summed E-state index contributed by atoms with van der Waals surface area (Å²) in [7, 11) is 3.93. The molecular weight excluding hydrogens is 613 g/mol. The number of halogens is 4. The Morgan fingerprint density at radius 2 is 1.72 bits per heavy atom. The SMILES string of the molecule is Cc1ccc(C(=O)Nc2ccc(CN3CCN(C)CC3)c(C(F)(F)F)c2)cc1Cc1nc(-c2cccc(Cl)c2)nc2ccn(C)c12. The van der Waals surface area contributed by atoms with Crippen molar-refractivity contribution < 1.29 is 18.0 Å². The van der Waals surface area contributed by atoms with Crippen molar-refractivity contribution in [1.82, 2.24) is 24.3 Å². The number of carbonyl (C=O) groups is 1. The van der Waals surface area contributed by atoms with E-state index < -0.39 is 17.6 Å². The predicted molar refractivity (Wildman–Crippen MR) is 175 cm³/mol. The van der Waals surface area contributed by atoms with Crippen molar-refractivity contribution in [1.29, 1.82) is 0 Å². The smallest absolute Gasteiger partial charge is 0.348 e. The fourth-order valence-electron chi connectivity index (χ4n) is 5.85. The number of nitrogens with zero attached hydrogens (tertiary/aromatic N) is 5. The zero-order valence-corrected chi connectivity index (χ0v) is 26.6. The molecule has 1 N–H and O–H groups in total. The summed E-state index contributed by atoms with van der Waals surface area (Å²) in [6.45, 7) is 5.18. The van der Waals surface area contributed by atoms with Gasteiger partial charge in [0, 0.05) is 74.2 Å². The molecule has 0 spiro atoms. The van der Waals surface area contributed by atoms with Crippen molar-refractivity contribution in [3.63, 3.8) is 0 Å². The third kappa shape index (κ3) is 6.94. The quantitative estimate of drug-likeness (QED) is 0.203. The van der Waals surface area contributed by atoms with Crippen molar-refractivity contribution in [2.45, 2.75) is 26.1 Å². The largest absolute Gasteiger partial charge is 0.416 e. The molecule has 7 nitrogen and oxygen atoms in total. The number of amides is 1. The number of likely N-dealkylation sites (N-methyl/N-ethyl adjacent to an activating group) is 1. The van der Waals surface area contributed by atoms with Gasteiger partial charge in [-0.2, -0.15) is 13.2 Å². The number of rotatable bonds is 7. The lowest BCUT2D eigenvalue weighted by atomic mass is 9.99. The van der Waals surface area contributed by atoms with Gasteiger partial charge in [-0.1, -0.05) is 35.9 Å². The lowest BCUT2D eigenvalue weighted by Crippen LogP contribution is -2.44. The summed E-state index contributed by atoms with van der Waals surface area (Å²) in [4.78, 5) is 27.2. The third-order valence-corrected chi connectivity index (χ3v) is 8.74. The second-order valence-corrected chi connectivity index (χ2v) is 12.3. The fraction of sp³-hybridized carbons (Fsp3) is 0.286. The second kappa shape index (κ2) is 12.9. The van der Waals surface area contributed by atoms with Crippen molar-refractivity contribution in [2.75, 3.05) is 38.5 Å². The summed E-state index contributed by atoms with van der Waals surface area (Å²) in [5.41, 5.74) is 4.93. The Hall–Kier alpha value is -4.25. The third-order valence-electron chi connectivity index (χ3n) is 8.51. The summed E-state index contributed by atoms with van der Waals surface area (Å²) < 4.78 is 44.3. The van der Waals surface area contributed by atoms with E-state index in [1.54, 1.807) is 18.2 Å². The number of aromatic nitrogens is 3. The van der Waals surface area contributed by atoms with E-state index in [1.165, 1.54) is 12.1 Å². The standard InChI is InChI=1S/C35H34ClF3N6O/c1-22-7-8-24(34(46)40-28-10-9-25(29(20-28)35(37,38)39)21-45-15-13-43(2)14-16-45)17-26(22)19-31-32-30(11-12-44(32)3)41-33(42-31)23-5-4-6-27(36)18-23/h4-12,17-18,20H,13-16,19,21H2,1-3H3,(H,40,46). The van der Waals surface area contributed by atoms with Gasteiger partial charge in [0.15, 0.2) is 5.82 Å². The van der Waals surface area contributed by atoms with E-state index in [2.05, 4.69) is 10.2 Å². The second-order valence-electron chi connectivity index (χ2n) is 11.9. The predicted octanol–water partition coefficient (Wildman–Crippen LogP) is 7.21. The molecular formula is C35H34ClF3N6O. The van der Waals surface area contributed by atoms with Crippen LogP contribution in [0.4, 0.5) is 18.9 Å². The van der Waals surface area contributed by atoms with Crippen molar-refractivity contribution in [2.24, 2.45) is 7.05 Å². The number of fused-ring (bicyclic) bond motifs is 1. The number of hydrogen-bond donors (Lipinski definition) is 1. The van der Waals surface area contributed by atoms with Crippen LogP contribution < -0.4 is 5.32 Å². The molecule has 11 heteroatoms. The number of piperazine rings is 1. The number of alkyl halides is 3. The summed E-state index contributed by atoms with van der Waals surface area (Å²) in [6, 6.07) is 18.6. The summed E-state index contributed by atoms with van der Waals surface area (Å²) in [5.74, 6) is 0.0480. The van der Waals surface area contributed by atoms with E-state index in [0.29, 0.717) is 35.9 Å². The number of aryl methyl sites for hydroxylation is 2. The first-order valence-corrected chi connectivity index (χ1v) is 15.4. The van der Waals surface area contributed by atoms with Crippen LogP contribution >= 0.6 is 11.6 Å². The van der Waals surface area contributed by atoms with Gasteiger partial charge >= 0.3 is 6.18 Å². The van der Waals surface area contributed by atoms with E-state index in [0.717, 1.165) is 52.6 Å². The van der Waals surface area contributed by atoms with E-state index in [1.807, 2.05) is 67.0 Å². The van der Waals surface area contributed by atoms with Gasteiger partial charge in [-0.15, -0.1) is 0 Å². The van der Waals surface area contributed by atoms with Crippen LogP contribution in [0.25, 0.3) is 22.4 Å². The summed E-state index contributed by atoms with van der Waals surface area (Å²) in [6.07, 6.45) is -2.22. The fourth-order valence-corrected chi connectivity index (χ4v) is 6.04. The van der Waals surface area contributed by atoms with E-state index >= 15 is 0 Å². The molecule has 0 bridgehead atoms. The van der Waals surface area contributed by atoms with Gasteiger partial charge in [-0.05, 0) is 73.1 Å². The van der Waals surface area contributed by atoms with Gasteiger partial charge in [-0.3, -0.25) is 9.69 Å². The highest BCUT2D eigenvalue weighted by molar-refractivity contribution is 6.30. The number of nitrogens with one attached hydrogen (secondary N) is 1. The number of carbonyl (C=O) groups excluding carboxylic acids is 1. The molecule has 238 valence electrons. The maximum absolute atomic E-state index is 14.1. The van der Waals surface area contributed by atoms with Crippen LogP contribution in [0.2, 0.25) is 5.02 Å². The van der Waals surface area contributed by atoms with Crippen molar-refractivity contribution in [3.8, 4) is 11.4 Å². The molecule has 1 saturated heterocycles. The molecule has 0 saturated carbocycles. The minimum Gasteiger partial charge on any atom is -0.348 e. The molecule has 0 aliphatic carbocycles. The topological polar surface area (TPSA) is 66.3 Å². The molecule has 1 fully saturated rings. The Morgan fingerprint density at radius 3 is 2.46 bits per heavy atom. The van der Waals surface area contributed by atoms with Crippen LogP contribution in [0.1, 0.15) is 38.3 Å². The van der Waals surface area contributed by atoms with Crippen molar-refractivity contribution in [3.05, 3.63) is 111 Å². The number of anilines is 1. The number of benzene rings is 3. The molecule has 1 aliphatic rings. The van der Waals surface area contributed by atoms with Gasteiger partial charge in [0.25, 0.3) is 5.91 Å². The van der Waals surface area contributed by atoms with Crippen molar-refractivity contribution >= 4 is 34.2 Å². The van der Waals surface area contributed by atoms with Gasteiger partial charge in [0.05, 0.1) is 22.3 Å². The van der Waals surface area contributed by atoms with E-state index in [-0.39, 0.29) is 17.8 Å². The Kier molecular flexibility index (Phi) is 8.87. The van der Waals surface area contributed by atoms with E-state index in [9.17, 15) is 18.0 Å². The molecule has 1 amide bonds. The van der Waals surface area contributed by atoms with Crippen LogP contribution in [0.3, 0.4) is 0 Å². The Bertz CT molecular complexity index is 1910. The van der Waals surface area contributed by atoms with Crippen LogP contribution in [0.15, 0.2) is 72.9 Å². The molecule has 0 radical (unpaired) electrons. The first-order valence-electron chi connectivity index (χ1n) is 15.0. The van der Waals surface area contributed by atoms with Gasteiger partial charge in [-0.25, -0.2) is 9.97 Å². The first kappa shape index (κ1) is 31.7. The maximum atomic E-state index is 14.1. The summed E-state index contributed by atoms with van der Waals surface area (Å²) >= 11 is 6.24. The summed E-state index contributed by atoms with van der Waals surface area (Å²) in [5, 5.41) is 3.27. The molecule has 0 unspecified atom stereocenters. The molecule has 3 heterocycles. The molecule has 2 aromatic heterocycles. The van der Waals surface area contributed by atoms with Crippen LogP contribution in [0, 0.1) is 6.92 Å². The monoisotopic (exact) mass is 646 g/mol. The first-order chi connectivity index (χ1) is 21.9. The zero-order chi connectivity index (χ0) is 32.6. The molecule has 0 atom stereocenters. The molecule has 46 heavy (non-hydrogen) atoms. The minimum atomic E-state index is -4.55. The Morgan fingerprint density at radius 1 is 0.935 bits per heavy atom. The minimum absolute atomic E-state index is 0.0917. The number of hydrogen-bond acceptors (Lipinski definition) is 5. The zero-order valence-electron chi connectivity index (χ0n) is 25.8. The van der Waals surface area contributed by atoms with Crippen LogP contribution in [-0.4, -0.2) is 63.5 Å². The highest BCUT2D eigenvalue weighted by atomic mass is 35.5. The van der Waals surface area contributed by atoms with Gasteiger partial charge < -0.3 is 14.8 Å². The lowest BCUT2D eigenvalue weighted by Gasteiger charge is -2.33. The van der Waals surface area contributed by atoms with E-state index in [4.69, 9.17) is 21.6 Å². The highest BCUT2D eigenvalue weighted by Gasteiger charge is 2.34. The Labute approximate surface area is 270 Å². The van der Waals surface area contributed by atoms with Gasteiger partial charge in [0.2, 0.25) is 0 Å².